The monoisotopic (exact) mass is 213 g/mol. The van der Waals surface area contributed by atoms with Crippen molar-refractivity contribution in [2.24, 2.45) is 0 Å². The molecule has 1 aromatic rings. The lowest BCUT2D eigenvalue weighted by Gasteiger charge is -2.10. The van der Waals surface area contributed by atoms with Gasteiger partial charge in [0.2, 0.25) is 0 Å². The first kappa shape index (κ1) is 9.74. The Morgan fingerprint density at radius 1 is 1.64 bits per heavy atom. The number of pyridine rings is 1. The van der Waals surface area contributed by atoms with Crippen LogP contribution in [-0.2, 0) is 4.74 Å². The summed E-state index contributed by atoms with van der Waals surface area (Å²) in [6.45, 7) is 1.45. The second-order valence-corrected chi connectivity index (χ2v) is 3.65. The Balaban J connectivity index is 1.85. The lowest BCUT2D eigenvalue weighted by molar-refractivity contribution is 0.0679. The zero-order chi connectivity index (χ0) is 9.80. The second-order valence-electron chi connectivity index (χ2n) is 3.26. The van der Waals surface area contributed by atoms with Gasteiger partial charge in [0.1, 0.15) is 17.5 Å². The molecule has 0 aromatic carbocycles. The third-order valence-electron chi connectivity index (χ3n) is 2.16. The van der Waals surface area contributed by atoms with Gasteiger partial charge in [0.25, 0.3) is 0 Å². The summed E-state index contributed by atoms with van der Waals surface area (Å²) >= 11 is 5.72. The molecule has 1 aliphatic rings. The van der Waals surface area contributed by atoms with Crippen LogP contribution in [0.1, 0.15) is 12.8 Å². The van der Waals surface area contributed by atoms with Crippen LogP contribution in [0.4, 0.5) is 0 Å². The number of aromatic nitrogens is 1. The Kier molecular flexibility index (Phi) is 3.22. The van der Waals surface area contributed by atoms with E-state index in [0.29, 0.717) is 11.8 Å². The molecule has 1 fully saturated rings. The van der Waals surface area contributed by atoms with Crippen molar-refractivity contribution in [3.8, 4) is 5.75 Å². The molecule has 14 heavy (non-hydrogen) atoms. The highest BCUT2D eigenvalue weighted by atomic mass is 35.5. The Morgan fingerprint density at radius 3 is 3.29 bits per heavy atom. The Labute approximate surface area is 88.0 Å². The zero-order valence-corrected chi connectivity index (χ0v) is 8.54. The molecule has 0 radical (unpaired) electrons. The number of ether oxygens (including phenoxy) is 2. The van der Waals surface area contributed by atoms with Crippen LogP contribution in [0.2, 0.25) is 5.15 Å². The van der Waals surface area contributed by atoms with Gasteiger partial charge in [-0.05, 0) is 18.9 Å². The molecule has 1 aromatic heterocycles. The standard InChI is InChI=1S/C10H12ClNO2/c11-10-6-8(3-4-12-10)14-7-9-2-1-5-13-9/h3-4,6,9H,1-2,5,7H2/t9-/m0/s1. The molecule has 0 amide bonds. The van der Waals surface area contributed by atoms with E-state index in [2.05, 4.69) is 4.98 Å². The summed E-state index contributed by atoms with van der Waals surface area (Å²) in [5, 5.41) is 0.454. The van der Waals surface area contributed by atoms with Gasteiger partial charge in [0.05, 0.1) is 6.10 Å². The maximum absolute atomic E-state index is 5.72. The first-order valence-corrected chi connectivity index (χ1v) is 5.08. The minimum Gasteiger partial charge on any atom is -0.491 e. The van der Waals surface area contributed by atoms with Gasteiger partial charge in [0, 0.05) is 18.9 Å². The summed E-state index contributed by atoms with van der Waals surface area (Å²) in [7, 11) is 0. The van der Waals surface area contributed by atoms with Gasteiger partial charge in [0.15, 0.2) is 0 Å². The molecule has 1 atom stereocenters. The predicted octanol–water partition coefficient (Wildman–Crippen LogP) is 2.29. The van der Waals surface area contributed by atoms with E-state index in [4.69, 9.17) is 21.1 Å². The molecular formula is C10H12ClNO2. The van der Waals surface area contributed by atoms with Crippen molar-refractivity contribution < 1.29 is 9.47 Å². The van der Waals surface area contributed by atoms with Crippen LogP contribution in [0.3, 0.4) is 0 Å². The number of halogens is 1. The number of rotatable bonds is 3. The van der Waals surface area contributed by atoms with Crippen molar-refractivity contribution >= 4 is 11.6 Å². The molecule has 76 valence electrons. The molecule has 0 aliphatic carbocycles. The maximum Gasteiger partial charge on any atom is 0.132 e. The lowest BCUT2D eigenvalue weighted by atomic mass is 10.2. The van der Waals surface area contributed by atoms with Crippen molar-refractivity contribution in [1.29, 1.82) is 0 Å². The summed E-state index contributed by atoms with van der Waals surface area (Å²) in [4.78, 5) is 3.87. The smallest absolute Gasteiger partial charge is 0.132 e. The van der Waals surface area contributed by atoms with Gasteiger partial charge >= 0.3 is 0 Å². The van der Waals surface area contributed by atoms with Crippen molar-refractivity contribution in [3.63, 3.8) is 0 Å². The molecule has 2 rings (SSSR count). The van der Waals surface area contributed by atoms with Crippen LogP contribution in [0.25, 0.3) is 0 Å². The fourth-order valence-electron chi connectivity index (χ4n) is 1.44. The van der Waals surface area contributed by atoms with E-state index in [1.807, 2.05) is 0 Å². The molecule has 3 nitrogen and oxygen atoms in total. The van der Waals surface area contributed by atoms with Crippen LogP contribution in [-0.4, -0.2) is 24.3 Å². The van der Waals surface area contributed by atoms with Crippen LogP contribution >= 0.6 is 11.6 Å². The van der Waals surface area contributed by atoms with E-state index in [1.54, 1.807) is 18.3 Å². The van der Waals surface area contributed by atoms with E-state index in [-0.39, 0.29) is 6.10 Å². The molecule has 4 heteroatoms. The quantitative estimate of drug-likeness (QED) is 0.722. The van der Waals surface area contributed by atoms with Gasteiger partial charge in [-0.15, -0.1) is 0 Å². The first-order valence-electron chi connectivity index (χ1n) is 4.70. The number of hydrogen-bond acceptors (Lipinski definition) is 3. The zero-order valence-electron chi connectivity index (χ0n) is 7.78. The Hall–Kier alpha value is -0.800. The topological polar surface area (TPSA) is 31.4 Å². The summed E-state index contributed by atoms with van der Waals surface area (Å²) in [6.07, 6.45) is 4.08. The summed E-state index contributed by atoms with van der Waals surface area (Å²) in [5.74, 6) is 0.750. The number of nitrogens with zero attached hydrogens (tertiary/aromatic N) is 1. The third kappa shape index (κ3) is 2.59. The average Bonchev–Trinajstić information content (AvgIpc) is 2.67. The maximum atomic E-state index is 5.72. The van der Waals surface area contributed by atoms with Gasteiger partial charge in [-0.2, -0.15) is 0 Å². The molecular weight excluding hydrogens is 202 g/mol. The summed E-state index contributed by atoms with van der Waals surface area (Å²) in [6, 6.07) is 3.50. The molecule has 1 aliphatic heterocycles. The molecule has 2 heterocycles. The van der Waals surface area contributed by atoms with Gasteiger partial charge in [-0.25, -0.2) is 4.98 Å². The van der Waals surface area contributed by atoms with E-state index in [1.165, 1.54) is 0 Å². The molecule has 0 saturated carbocycles. The van der Waals surface area contributed by atoms with Crippen molar-refractivity contribution in [1.82, 2.24) is 4.98 Å². The largest absolute Gasteiger partial charge is 0.491 e. The second kappa shape index (κ2) is 4.62. The molecule has 0 unspecified atom stereocenters. The van der Waals surface area contributed by atoms with Crippen LogP contribution in [0.5, 0.6) is 5.75 Å². The first-order chi connectivity index (χ1) is 6.84. The molecule has 1 saturated heterocycles. The van der Waals surface area contributed by atoms with E-state index in [9.17, 15) is 0 Å². The average molecular weight is 214 g/mol. The normalized spacial score (nSPS) is 21.1. The van der Waals surface area contributed by atoms with Crippen molar-refractivity contribution in [2.75, 3.05) is 13.2 Å². The van der Waals surface area contributed by atoms with Crippen LogP contribution in [0, 0.1) is 0 Å². The highest BCUT2D eigenvalue weighted by molar-refractivity contribution is 6.29. The SMILES string of the molecule is Clc1cc(OC[C@@H]2CCCO2)ccn1. The fourth-order valence-corrected chi connectivity index (χ4v) is 1.60. The van der Waals surface area contributed by atoms with Gasteiger partial charge in [-0.3, -0.25) is 0 Å². The molecule has 0 N–H and O–H groups in total. The van der Waals surface area contributed by atoms with Crippen LogP contribution in [0.15, 0.2) is 18.3 Å². The number of hydrogen-bond donors (Lipinski definition) is 0. The van der Waals surface area contributed by atoms with Crippen molar-refractivity contribution in [2.45, 2.75) is 18.9 Å². The van der Waals surface area contributed by atoms with E-state index >= 15 is 0 Å². The fraction of sp³-hybridized carbons (Fsp3) is 0.500. The molecule has 0 bridgehead atoms. The minimum atomic E-state index is 0.238. The minimum absolute atomic E-state index is 0.238. The highest BCUT2D eigenvalue weighted by Crippen LogP contribution is 2.17. The van der Waals surface area contributed by atoms with Crippen LogP contribution < -0.4 is 4.74 Å². The van der Waals surface area contributed by atoms with Crippen molar-refractivity contribution in [3.05, 3.63) is 23.5 Å². The van der Waals surface area contributed by atoms with Gasteiger partial charge < -0.3 is 9.47 Å². The summed E-state index contributed by atoms with van der Waals surface area (Å²) in [5.41, 5.74) is 0. The lowest BCUT2D eigenvalue weighted by Crippen LogP contribution is -2.16. The predicted molar refractivity (Wildman–Crippen MR) is 53.7 cm³/mol. The Morgan fingerprint density at radius 2 is 2.57 bits per heavy atom. The summed E-state index contributed by atoms with van der Waals surface area (Å²) < 4.78 is 11.0. The molecule has 0 spiro atoms. The van der Waals surface area contributed by atoms with E-state index < -0.39 is 0 Å². The highest BCUT2D eigenvalue weighted by Gasteiger charge is 2.15. The Bertz CT molecular complexity index is 300. The van der Waals surface area contributed by atoms with E-state index in [0.717, 1.165) is 25.2 Å². The third-order valence-corrected chi connectivity index (χ3v) is 2.36. The van der Waals surface area contributed by atoms with Gasteiger partial charge in [-0.1, -0.05) is 11.6 Å².